The van der Waals surface area contributed by atoms with E-state index in [0.717, 1.165) is 18.2 Å². The molecule has 0 aliphatic carbocycles. The molecule has 0 saturated carbocycles. The standard InChI is InChI=1S/C24H30FN3O6S.C2HF3O2/c1-24(23(30)26-31,35(4,32)33)12-14-28-15-20-19(22(28)29)10-9-18(21(20)25)17-7-5-16(6-8-17)11-13-27(2)34-3;3-2(4,5)1(6)7/h5-10,31H,11-15H2,1-4H3,(H,26,30);(H,6,7)/t24-;/m1./s1. The highest BCUT2D eigenvalue weighted by Gasteiger charge is 2.44. The Bertz CT molecular complexity index is 1420. The van der Waals surface area contributed by atoms with Crippen LogP contribution in [0.3, 0.4) is 0 Å². The van der Waals surface area contributed by atoms with Crippen molar-refractivity contribution < 1.29 is 55.5 Å². The van der Waals surface area contributed by atoms with Gasteiger partial charge in [0.25, 0.3) is 11.8 Å². The minimum absolute atomic E-state index is 0.0458. The fourth-order valence-electron chi connectivity index (χ4n) is 3.98. The van der Waals surface area contributed by atoms with Crippen LogP contribution in [-0.4, -0.2) is 90.9 Å². The summed E-state index contributed by atoms with van der Waals surface area (Å²) in [6.07, 6.45) is -3.69. The molecule has 0 spiro atoms. The highest BCUT2D eigenvalue weighted by atomic mass is 32.2. The second-order valence-electron chi connectivity index (χ2n) is 9.66. The summed E-state index contributed by atoms with van der Waals surface area (Å²) in [5.41, 5.74) is 3.92. The van der Waals surface area contributed by atoms with Crippen LogP contribution in [0, 0.1) is 5.82 Å². The van der Waals surface area contributed by atoms with Gasteiger partial charge in [-0.15, -0.1) is 0 Å². The molecule has 3 rings (SSSR count). The molecule has 11 nitrogen and oxygen atoms in total. The lowest BCUT2D eigenvalue weighted by Gasteiger charge is -2.27. The van der Waals surface area contributed by atoms with Gasteiger partial charge < -0.3 is 14.8 Å². The van der Waals surface area contributed by atoms with Crippen molar-refractivity contribution in [3.63, 3.8) is 0 Å². The number of aliphatic carboxylic acids is 1. The number of carboxylic acid groups (broad SMARTS) is 1. The smallest absolute Gasteiger partial charge is 0.475 e. The van der Waals surface area contributed by atoms with Crippen LogP contribution in [0.1, 0.15) is 34.8 Å². The molecule has 1 heterocycles. The average molecular weight is 622 g/mol. The highest BCUT2D eigenvalue weighted by Crippen LogP contribution is 2.33. The Balaban J connectivity index is 0.000000782. The van der Waals surface area contributed by atoms with Gasteiger partial charge in [0.2, 0.25) is 0 Å². The number of hydrogen-bond donors (Lipinski definition) is 3. The van der Waals surface area contributed by atoms with Crippen molar-refractivity contribution in [1.29, 1.82) is 0 Å². The molecule has 0 aromatic heterocycles. The van der Waals surface area contributed by atoms with Crippen molar-refractivity contribution in [3.05, 3.63) is 58.9 Å². The first kappa shape index (κ1) is 34.6. The van der Waals surface area contributed by atoms with Gasteiger partial charge >= 0.3 is 12.1 Å². The first-order chi connectivity index (χ1) is 19.4. The molecule has 0 unspecified atom stereocenters. The number of benzene rings is 2. The van der Waals surface area contributed by atoms with Gasteiger partial charge in [-0.3, -0.25) is 14.8 Å². The molecular formula is C26H31F4N3O8S. The summed E-state index contributed by atoms with van der Waals surface area (Å²) in [6.45, 7) is 1.73. The van der Waals surface area contributed by atoms with Gasteiger partial charge in [-0.1, -0.05) is 30.3 Å². The van der Waals surface area contributed by atoms with Gasteiger partial charge in [-0.25, -0.2) is 23.1 Å². The van der Waals surface area contributed by atoms with Gasteiger partial charge in [0.05, 0.1) is 7.11 Å². The molecule has 1 aliphatic heterocycles. The van der Waals surface area contributed by atoms with E-state index in [9.17, 15) is 31.2 Å². The number of carbonyl (C=O) groups excluding carboxylic acids is 2. The predicted molar refractivity (Wildman–Crippen MR) is 141 cm³/mol. The summed E-state index contributed by atoms with van der Waals surface area (Å²) >= 11 is 0. The van der Waals surface area contributed by atoms with E-state index in [4.69, 9.17) is 19.9 Å². The molecular weight excluding hydrogens is 590 g/mol. The summed E-state index contributed by atoms with van der Waals surface area (Å²) < 4.78 is 69.6. The number of nitrogens with one attached hydrogen (secondary N) is 1. The van der Waals surface area contributed by atoms with E-state index in [2.05, 4.69) is 0 Å². The number of hydroxylamine groups is 3. The summed E-state index contributed by atoms with van der Waals surface area (Å²) in [4.78, 5) is 40.2. The lowest BCUT2D eigenvalue weighted by molar-refractivity contribution is -0.192. The Labute approximate surface area is 239 Å². The fourth-order valence-corrected chi connectivity index (χ4v) is 4.82. The number of hydrogen-bond acceptors (Lipinski definition) is 8. The third-order valence-corrected chi connectivity index (χ3v) is 8.93. The van der Waals surface area contributed by atoms with Crippen molar-refractivity contribution in [2.45, 2.75) is 37.2 Å². The van der Waals surface area contributed by atoms with E-state index < -0.39 is 44.4 Å². The summed E-state index contributed by atoms with van der Waals surface area (Å²) in [6, 6.07) is 10.6. The number of rotatable bonds is 10. The zero-order valence-corrected chi connectivity index (χ0v) is 24.0. The quantitative estimate of drug-likeness (QED) is 0.207. The Morgan fingerprint density at radius 2 is 1.67 bits per heavy atom. The minimum Gasteiger partial charge on any atom is -0.475 e. The Morgan fingerprint density at radius 1 is 1.12 bits per heavy atom. The van der Waals surface area contributed by atoms with E-state index in [1.807, 2.05) is 31.3 Å². The van der Waals surface area contributed by atoms with Crippen molar-refractivity contribution >= 4 is 27.6 Å². The molecule has 16 heteroatoms. The van der Waals surface area contributed by atoms with Crippen LogP contribution >= 0.6 is 0 Å². The topological polar surface area (TPSA) is 154 Å². The Kier molecular flexibility index (Phi) is 11.2. The van der Waals surface area contributed by atoms with E-state index in [-0.39, 0.29) is 30.6 Å². The maximum Gasteiger partial charge on any atom is 0.490 e. The van der Waals surface area contributed by atoms with Gasteiger partial charge in [0.1, 0.15) is 5.82 Å². The normalized spacial score (nSPS) is 14.6. The predicted octanol–water partition coefficient (Wildman–Crippen LogP) is 2.82. The van der Waals surface area contributed by atoms with Crippen molar-refractivity contribution in [2.24, 2.45) is 0 Å². The van der Waals surface area contributed by atoms with Crippen LogP contribution in [0.15, 0.2) is 36.4 Å². The monoisotopic (exact) mass is 621 g/mol. The van der Waals surface area contributed by atoms with Crippen molar-refractivity contribution in [2.75, 3.05) is 33.5 Å². The largest absolute Gasteiger partial charge is 0.490 e. The highest BCUT2D eigenvalue weighted by molar-refractivity contribution is 7.92. The zero-order valence-electron chi connectivity index (χ0n) is 23.2. The summed E-state index contributed by atoms with van der Waals surface area (Å²) in [7, 11) is -0.477. The SMILES string of the molecule is CON(C)CCc1ccc(-c2ccc3c(c2F)CN(CC[C@](C)(C(=O)NO)S(C)(=O)=O)C3=O)cc1.O=C(O)C(F)(F)F. The summed E-state index contributed by atoms with van der Waals surface area (Å²) in [5.74, 6) is -4.80. The lowest BCUT2D eigenvalue weighted by atomic mass is 9.98. The van der Waals surface area contributed by atoms with Gasteiger partial charge in [0, 0.05) is 49.6 Å². The Morgan fingerprint density at radius 3 is 2.14 bits per heavy atom. The third-order valence-electron chi connectivity index (χ3n) is 6.90. The number of carboxylic acids is 1. The maximum atomic E-state index is 15.5. The van der Waals surface area contributed by atoms with Crippen LogP contribution in [-0.2, 0) is 37.2 Å². The first-order valence-electron chi connectivity index (χ1n) is 12.3. The molecule has 3 N–H and O–H groups in total. The van der Waals surface area contributed by atoms with Crippen LogP contribution in [0.4, 0.5) is 17.6 Å². The Hall–Kier alpha value is -3.60. The number of likely N-dealkylation sites (N-methyl/N-ethyl adjacent to an activating group) is 1. The number of nitrogens with zero attached hydrogens (tertiary/aromatic N) is 2. The van der Waals surface area contributed by atoms with Crippen LogP contribution in [0.2, 0.25) is 0 Å². The van der Waals surface area contributed by atoms with Crippen LogP contribution < -0.4 is 5.48 Å². The molecule has 0 bridgehead atoms. The molecule has 232 valence electrons. The number of alkyl halides is 3. The van der Waals surface area contributed by atoms with Crippen molar-refractivity contribution in [3.8, 4) is 11.1 Å². The fraction of sp³-hybridized carbons (Fsp3) is 0.423. The van der Waals surface area contributed by atoms with E-state index in [0.29, 0.717) is 17.7 Å². The molecule has 1 atom stereocenters. The number of carbonyl (C=O) groups is 3. The molecule has 2 aromatic rings. The molecule has 0 radical (unpaired) electrons. The molecule has 0 fully saturated rings. The lowest BCUT2D eigenvalue weighted by Crippen LogP contribution is -2.50. The second kappa shape index (κ2) is 13.6. The van der Waals surface area contributed by atoms with Crippen molar-refractivity contribution in [1.82, 2.24) is 15.4 Å². The number of fused-ring (bicyclic) bond motifs is 1. The van der Waals surface area contributed by atoms with E-state index >= 15 is 4.39 Å². The van der Waals surface area contributed by atoms with E-state index in [1.54, 1.807) is 24.3 Å². The van der Waals surface area contributed by atoms with Crippen LogP contribution in [0.5, 0.6) is 0 Å². The summed E-state index contributed by atoms with van der Waals surface area (Å²) in [5, 5.41) is 17.8. The van der Waals surface area contributed by atoms with Crippen LogP contribution in [0.25, 0.3) is 11.1 Å². The number of sulfone groups is 1. The number of halogens is 4. The average Bonchev–Trinajstić information content (AvgIpc) is 3.25. The van der Waals surface area contributed by atoms with Gasteiger partial charge in [0.15, 0.2) is 14.6 Å². The molecule has 42 heavy (non-hydrogen) atoms. The zero-order chi connectivity index (χ0) is 32.0. The molecule has 2 aromatic carbocycles. The minimum atomic E-state index is -5.08. The van der Waals surface area contributed by atoms with E-state index in [1.165, 1.54) is 17.3 Å². The second-order valence-corrected chi connectivity index (χ2v) is 12.1. The maximum absolute atomic E-state index is 15.5. The molecule has 0 saturated heterocycles. The van der Waals surface area contributed by atoms with Gasteiger partial charge in [-0.05, 0) is 37.0 Å². The third kappa shape index (κ3) is 8.02. The molecule has 2 amide bonds. The number of amides is 2. The first-order valence-corrected chi connectivity index (χ1v) is 14.2. The van der Waals surface area contributed by atoms with Gasteiger partial charge in [-0.2, -0.15) is 18.2 Å². The molecule has 1 aliphatic rings.